The van der Waals surface area contributed by atoms with Gasteiger partial charge in [0.15, 0.2) is 0 Å². The van der Waals surface area contributed by atoms with Crippen molar-refractivity contribution in [1.82, 2.24) is 9.80 Å². The predicted octanol–water partition coefficient (Wildman–Crippen LogP) is 3.32. The van der Waals surface area contributed by atoms with E-state index < -0.39 is 11.1 Å². The van der Waals surface area contributed by atoms with Crippen LogP contribution in [0.5, 0.6) is 5.75 Å². The molecule has 2 heterocycles. The molecule has 148 valence electrons. The lowest BCUT2D eigenvalue weighted by Crippen LogP contribution is -2.44. The number of carbonyl (C=O) groups is 3. The largest absolute Gasteiger partial charge is 0.496 e. The summed E-state index contributed by atoms with van der Waals surface area (Å²) in [5, 5.41) is -0.429. The summed E-state index contributed by atoms with van der Waals surface area (Å²) in [7, 11) is 1.55. The van der Waals surface area contributed by atoms with Crippen molar-refractivity contribution in [3.05, 3.63) is 70.1 Å². The van der Waals surface area contributed by atoms with Gasteiger partial charge in [0.05, 0.1) is 12.0 Å². The average molecular weight is 408 g/mol. The number of carbonyl (C=O) groups excluding carboxylic acids is 3. The van der Waals surface area contributed by atoms with Gasteiger partial charge in [-0.15, -0.1) is 0 Å². The molecule has 0 saturated carbocycles. The summed E-state index contributed by atoms with van der Waals surface area (Å²) < 4.78 is 5.29. The van der Waals surface area contributed by atoms with E-state index in [9.17, 15) is 14.4 Å². The highest BCUT2D eigenvalue weighted by Gasteiger charge is 2.37. The Hall–Kier alpha value is -3.06. The number of benzene rings is 2. The predicted molar refractivity (Wildman–Crippen MR) is 111 cm³/mol. The van der Waals surface area contributed by atoms with Crippen LogP contribution in [0.1, 0.15) is 16.7 Å². The number of hydrogen-bond donors (Lipinski definition) is 0. The fourth-order valence-corrected chi connectivity index (χ4v) is 4.34. The second-order valence-corrected chi connectivity index (χ2v) is 7.84. The molecule has 4 rings (SSSR count). The van der Waals surface area contributed by atoms with Gasteiger partial charge in [-0.3, -0.25) is 19.3 Å². The van der Waals surface area contributed by atoms with Crippen molar-refractivity contribution in [1.29, 1.82) is 0 Å². The van der Waals surface area contributed by atoms with Crippen molar-refractivity contribution in [3.8, 4) is 5.75 Å². The number of thioether (sulfide) groups is 1. The summed E-state index contributed by atoms with van der Waals surface area (Å²) in [5.41, 5.74) is 3.05. The highest BCUT2D eigenvalue weighted by Crippen LogP contribution is 2.34. The summed E-state index contributed by atoms with van der Waals surface area (Å²) in [6.07, 6.45) is 2.41. The second kappa shape index (κ2) is 8.13. The van der Waals surface area contributed by atoms with Gasteiger partial charge in [0, 0.05) is 18.7 Å². The third-order valence-corrected chi connectivity index (χ3v) is 5.98. The van der Waals surface area contributed by atoms with Crippen molar-refractivity contribution < 1.29 is 19.1 Å². The first kappa shape index (κ1) is 19.3. The molecular weight excluding hydrogens is 388 g/mol. The molecule has 0 bridgehead atoms. The minimum Gasteiger partial charge on any atom is -0.496 e. The fourth-order valence-electron chi connectivity index (χ4n) is 3.51. The number of imide groups is 1. The van der Waals surface area contributed by atoms with Gasteiger partial charge < -0.3 is 9.64 Å². The Morgan fingerprint density at radius 1 is 1.10 bits per heavy atom. The summed E-state index contributed by atoms with van der Waals surface area (Å²) in [4.78, 5) is 40.9. The van der Waals surface area contributed by atoms with Crippen LogP contribution in [-0.2, 0) is 22.6 Å². The van der Waals surface area contributed by atoms with Crippen LogP contribution in [0.2, 0.25) is 0 Å². The molecule has 0 spiro atoms. The highest BCUT2D eigenvalue weighted by atomic mass is 32.2. The number of nitrogens with zero attached hydrogens (tertiary/aromatic N) is 2. The molecule has 0 unspecified atom stereocenters. The van der Waals surface area contributed by atoms with E-state index >= 15 is 0 Å². The van der Waals surface area contributed by atoms with Gasteiger partial charge in [-0.05, 0) is 41.5 Å². The van der Waals surface area contributed by atoms with E-state index in [2.05, 4.69) is 6.07 Å². The number of ether oxygens (including phenoxy) is 1. The molecule has 2 aliphatic rings. The smallest absolute Gasteiger partial charge is 0.294 e. The lowest BCUT2D eigenvalue weighted by molar-refractivity contribution is -0.136. The van der Waals surface area contributed by atoms with Crippen LogP contribution in [-0.4, -0.2) is 47.1 Å². The van der Waals surface area contributed by atoms with Crippen molar-refractivity contribution in [2.24, 2.45) is 0 Å². The SMILES string of the molecule is COc1ccccc1/C=C1\SC(=O)N(CC(=O)N2CCc3ccccc3C2)C1=O. The topological polar surface area (TPSA) is 66.9 Å². The minimum absolute atomic E-state index is 0.222. The Bertz CT molecular complexity index is 1020. The van der Waals surface area contributed by atoms with Crippen LogP contribution in [0, 0.1) is 0 Å². The molecule has 2 aromatic carbocycles. The molecular formula is C22H20N2O4S. The van der Waals surface area contributed by atoms with Crippen LogP contribution in [0.15, 0.2) is 53.4 Å². The molecule has 1 fully saturated rings. The number of fused-ring (bicyclic) bond motifs is 1. The third-order valence-electron chi connectivity index (χ3n) is 5.08. The van der Waals surface area contributed by atoms with Crippen LogP contribution in [0.4, 0.5) is 4.79 Å². The zero-order valence-corrected chi connectivity index (χ0v) is 16.8. The zero-order valence-electron chi connectivity index (χ0n) is 16.0. The number of para-hydroxylation sites is 1. The summed E-state index contributed by atoms with van der Waals surface area (Å²) in [6.45, 7) is 0.849. The first-order chi connectivity index (χ1) is 14.1. The quantitative estimate of drug-likeness (QED) is 0.726. The summed E-state index contributed by atoms with van der Waals surface area (Å²) in [6, 6.07) is 15.3. The molecule has 0 aliphatic carbocycles. The van der Waals surface area contributed by atoms with E-state index in [4.69, 9.17) is 4.74 Å². The molecule has 1 saturated heterocycles. The minimum atomic E-state index is -0.448. The highest BCUT2D eigenvalue weighted by molar-refractivity contribution is 8.18. The van der Waals surface area contributed by atoms with E-state index in [1.807, 2.05) is 36.4 Å². The van der Waals surface area contributed by atoms with E-state index in [0.717, 1.165) is 28.6 Å². The maximum Gasteiger partial charge on any atom is 0.294 e. The number of hydrogen-bond acceptors (Lipinski definition) is 5. The zero-order chi connectivity index (χ0) is 20.4. The van der Waals surface area contributed by atoms with Gasteiger partial charge in [0.25, 0.3) is 11.1 Å². The lowest BCUT2D eigenvalue weighted by atomic mass is 10.00. The van der Waals surface area contributed by atoms with Gasteiger partial charge in [0.2, 0.25) is 5.91 Å². The molecule has 3 amide bonds. The summed E-state index contributed by atoms with van der Waals surface area (Å²) in [5.74, 6) is -0.0561. The van der Waals surface area contributed by atoms with E-state index in [0.29, 0.717) is 24.4 Å². The van der Waals surface area contributed by atoms with Crippen molar-refractivity contribution >= 4 is 34.9 Å². The van der Waals surface area contributed by atoms with E-state index in [-0.39, 0.29) is 17.4 Å². The van der Waals surface area contributed by atoms with Gasteiger partial charge in [0.1, 0.15) is 12.3 Å². The number of rotatable bonds is 4. The normalized spacial score (nSPS) is 17.6. The molecule has 7 heteroatoms. The number of methoxy groups -OCH3 is 1. The van der Waals surface area contributed by atoms with Gasteiger partial charge in [-0.2, -0.15) is 0 Å². The second-order valence-electron chi connectivity index (χ2n) is 6.84. The maximum absolute atomic E-state index is 12.8. The van der Waals surface area contributed by atoms with Crippen LogP contribution < -0.4 is 4.74 Å². The maximum atomic E-state index is 12.8. The third kappa shape index (κ3) is 3.91. The van der Waals surface area contributed by atoms with E-state index in [1.165, 1.54) is 5.56 Å². The Balaban J connectivity index is 1.47. The molecule has 0 N–H and O–H groups in total. The molecule has 6 nitrogen and oxygen atoms in total. The standard InChI is InChI=1S/C22H20N2O4S/c1-28-18-9-5-4-7-16(18)12-19-21(26)24(22(27)29-19)14-20(25)23-11-10-15-6-2-3-8-17(15)13-23/h2-9,12H,10-11,13-14H2,1H3/b19-12-. The molecule has 0 aromatic heterocycles. The Morgan fingerprint density at radius 2 is 1.83 bits per heavy atom. The molecule has 0 atom stereocenters. The fraction of sp³-hybridized carbons (Fsp3) is 0.227. The van der Waals surface area contributed by atoms with Crippen molar-refractivity contribution in [3.63, 3.8) is 0 Å². The van der Waals surface area contributed by atoms with E-state index in [1.54, 1.807) is 24.2 Å². The Kier molecular flexibility index (Phi) is 5.40. The molecule has 2 aromatic rings. The van der Waals surface area contributed by atoms with Gasteiger partial charge in [-0.1, -0.05) is 42.5 Å². The lowest BCUT2D eigenvalue weighted by Gasteiger charge is -2.29. The Morgan fingerprint density at radius 3 is 2.62 bits per heavy atom. The van der Waals surface area contributed by atoms with Gasteiger partial charge in [-0.25, -0.2) is 0 Å². The first-order valence-electron chi connectivity index (χ1n) is 9.30. The molecule has 2 aliphatic heterocycles. The summed E-state index contributed by atoms with van der Waals surface area (Å²) >= 11 is 0.845. The molecule has 29 heavy (non-hydrogen) atoms. The van der Waals surface area contributed by atoms with Gasteiger partial charge >= 0.3 is 0 Å². The monoisotopic (exact) mass is 408 g/mol. The van der Waals surface area contributed by atoms with Crippen LogP contribution in [0.25, 0.3) is 6.08 Å². The van der Waals surface area contributed by atoms with Crippen molar-refractivity contribution in [2.45, 2.75) is 13.0 Å². The molecule has 0 radical (unpaired) electrons. The Labute approximate surface area is 173 Å². The first-order valence-corrected chi connectivity index (χ1v) is 10.1. The van der Waals surface area contributed by atoms with Crippen LogP contribution in [0.3, 0.4) is 0 Å². The average Bonchev–Trinajstić information content (AvgIpc) is 3.01. The number of amides is 3. The van der Waals surface area contributed by atoms with Crippen molar-refractivity contribution in [2.75, 3.05) is 20.2 Å². The van der Waals surface area contributed by atoms with Crippen LogP contribution >= 0.6 is 11.8 Å².